The monoisotopic (exact) mass is 463 g/mol. The molecule has 0 aliphatic carbocycles. The van der Waals surface area contributed by atoms with Crippen LogP contribution in [-0.4, -0.2) is 34.2 Å². The van der Waals surface area contributed by atoms with Gasteiger partial charge in [0.05, 0.1) is 17.1 Å². The van der Waals surface area contributed by atoms with Crippen molar-refractivity contribution in [3.05, 3.63) is 63.9 Å². The second-order valence-electron chi connectivity index (χ2n) is 6.04. The molecule has 8 heteroatoms. The van der Waals surface area contributed by atoms with Gasteiger partial charge in [0.1, 0.15) is 5.75 Å². The standard InChI is InChI=1S/C20H19BrClN3O3/c1-2-11-25(19(26)13-27-15-9-7-14(21)8-10-15)12-18-23-24-20(28-18)16-5-3-4-6-17(16)22/h3-10H,2,11-13H2,1H3. The van der Waals surface area contributed by atoms with Gasteiger partial charge in [-0.15, -0.1) is 10.2 Å². The maximum atomic E-state index is 12.6. The summed E-state index contributed by atoms with van der Waals surface area (Å²) in [6.07, 6.45) is 0.801. The van der Waals surface area contributed by atoms with Gasteiger partial charge in [-0.1, -0.05) is 46.6 Å². The van der Waals surface area contributed by atoms with E-state index in [4.69, 9.17) is 20.8 Å². The quantitative estimate of drug-likeness (QED) is 0.471. The molecule has 0 saturated heterocycles. The second-order valence-corrected chi connectivity index (χ2v) is 7.36. The van der Waals surface area contributed by atoms with Gasteiger partial charge in [0, 0.05) is 11.0 Å². The molecule has 2 aromatic carbocycles. The van der Waals surface area contributed by atoms with Crippen LogP contribution in [0.1, 0.15) is 19.2 Å². The molecule has 1 heterocycles. The van der Waals surface area contributed by atoms with Crippen LogP contribution in [0, 0.1) is 0 Å². The smallest absolute Gasteiger partial charge is 0.260 e. The summed E-state index contributed by atoms with van der Waals surface area (Å²) in [7, 11) is 0. The lowest BCUT2D eigenvalue weighted by atomic mass is 10.2. The first-order valence-corrected chi connectivity index (χ1v) is 9.97. The normalized spacial score (nSPS) is 10.7. The highest BCUT2D eigenvalue weighted by atomic mass is 79.9. The summed E-state index contributed by atoms with van der Waals surface area (Å²) in [4.78, 5) is 14.2. The lowest BCUT2D eigenvalue weighted by Crippen LogP contribution is -2.35. The number of amides is 1. The number of aromatic nitrogens is 2. The Morgan fingerprint density at radius 2 is 1.93 bits per heavy atom. The van der Waals surface area contributed by atoms with Crippen molar-refractivity contribution < 1.29 is 13.9 Å². The van der Waals surface area contributed by atoms with Gasteiger partial charge in [-0.05, 0) is 42.8 Å². The Morgan fingerprint density at radius 3 is 2.64 bits per heavy atom. The van der Waals surface area contributed by atoms with E-state index in [9.17, 15) is 4.79 Å². The summed E-state index contributed by atoms with van der Waals surface area (Å²) >= 11 is 9.54. The highest BCUT2D eigenvalue weighted by Gasteiger charge is 2.18. The zero-order valence-corrected chi connectivity index (χ0v) is 17.6. The van der Waals surface area contributed by atoms with Crippen molar-refractivity contribution in [1.29, 1.82) is 0 Å². The summed E-state index contributed by atoms with van der Waals surface area (Å²) in [5.41, 5.74) is 0.662. The van der Waals surface area contributed by atoms with Crippen molar-refractivity contribution >= 4 is 33.4 Å². The summed E-state index contributed by atoms with van der Waals surface area (Å²) in [6.45, 7) is 2.71. The third kappa shape index (κ3) is 5.33. The summed E-state index contributed by atoms with van der Waals surface area (Å²) in [6, 6.07) is 14.6. The molecule has 0 atom stereocenters. The van der Waals surface area contributed by atoms with Gasteiger partial charge in [0.2, 0.25) is 11.8 Å². The van der Waals surface area contributed by atoms with Crippen LogP contribution in [0.4, 0.5) is 0 Å². The minimum absolute atomic E-state index is 0.0624. The largest absolute Gasteiger partial charge is 0.484 e. The van der Waals surface area contributed by atoms with E-state index in [1.54, 1.807) is 29.2 Å². The van der Waals surface area contributed by atoms with E-state index >= 15 is 0 Å². The van der Waals surface area contributed by atoms with E-state index in [0.717, 1.165) is 10.9 Å². The summed E-state index contributed by atoms with van der Waals surface area (Å²) < 4.78 is 12.2. The molecule has 0 N–H and O–H groups in total. The van der Waals surface area contributed by atoms with Crippen molar-refractivity contribution in [2.24, 2.45) is 0 Å². The van der Waals surface area contributed by atoms with Crippen LogP contribution in [0.3, 0.4) is 0 Å². The third-order valence-corrected chi connectivity index (χ3v) is 4.78. The van der Waals surface area contributed by atoms with E-state index < -0.39 is 0 Å². The van der Waals surface area contributed by atoms with Crippen LogP contribution in [0.5, 0.6) is 5.75 Å². The zero-order chi connectivity index (χ0) is 19.9. The molecule has 3 rings (SSSR count). The molecule has 0 spiro atoms. The fourth-order valence-electron chi connectivity index (χ4n) is 2.55. The fraction of sp³-hybridized carbons (Fsp3) is 0.250. The average Bonchev–Trinajstić information content (AvgIpc) is 3.15. The topological polar surface area (TPSA) is 68.5 Å². The van der Waals surface area contributed by atoms with Gasteiger partial charge in [-0.2, -0.15) is 0 Å². The molecule has 1 amide bonds. The van der Waals surface area contributed by atoms with Crippen molar-refractivity contribution in [3.63, 3.8) is 0 Å². The van der Waals surface area contributed by atoms with E-state index in [-0.39, 0.29) is 19.1 Å². The number of halogens is 2. The average molecular weight is 465 g/mol. The zero-order valence-electron chi connectivity index (χ0n) is 15.3. The lowest BCUT2D eigenvalue weighted by molar-refractivity contribution is -0.134. The molecule has 6 nitrogen and oxygen atoms in total. The predicted molar refractivity (Wildman–Crippen MR) is 110 cm³/mol. The molecule has 0 radical (unpaired) electrons. The number of benzene rings is 2. The molecule has 0 aliphatic rings. The van der Waals surface area contributed by atoms with Crippen molar-refractivity contribution in [3.8, 4) is 17.2 Å². The molecular weight excluding hydrogens is 446 g/mol. The van der Waals surface area contributed by atoms with E-state index in [1.165, 1.54) is 0 Å². The summed E-state index contributed by atoms with van der Waals surface area (Å²) in [5.74, 6) is 1.16. The SMILES string of the molecule is CCCN(Cc1nnc(-c2ccccc2Cl)o1)C(=O)COc1ccc(Br)cc1. The molecule has 28 heavy (non-hydrogen) atoms. The van der Waals surface area contributed by atoms with E-state index in [0.29, 0.717) is 34.7 Å². The molecule has 0 aliphatic heterocycles. The van der Waals surface area contributed by atoms with Gasteiger partial charge in [0.25, 0.3) is 5.91 Å². The molecule has 146 valence electrons. The van der Waals surface area contributed by atoms with Crippen molar-refractivity contribution in [2.45, 2.75) is 19.9 Å². The van der Waals surface area contributed by atoms with Crippen molar-refractivity contribution in [1.82, 2.24) is 15.1 Å². The fourth-order valence-corrected chi connectivity index (χ4v) is 3.03. The number of hydrogen-bond donors (Lipinski definition) is 0. The number of hydrogen-bond acceptors (Lipinski definition) is 5. The van der Waals surface area contributed by atoms with E-state index in [2.05, 4.69) is 26.1 Å². The Bertz CT molecular complexity index is 930. The number of carbonyl (C=O) groups is 1. The molecule has 1 aromatic heterocycles. The lowest BCUT2D eigenvalue weighted by Gasteiger charge is -2.20. The minimum atomic E-state index is -0.151. The van der Waals surface area contributed by atoms with E-state index in [1.807, 2.05) is 31.2 Å². The molecule has 0 fully saturated rings. The third-order valence-electron chi connectivity index (χ3n) is 3.92. The summed E-state index contributed by atoms with van der Waals surface area (Å²) in [5, 5.41) is 8.63. The van der Waals surface area contributed by atoms with Gasteiger partial charge in [-0.25, -0.2) is 0 Å². The maximum absolute atomic E-state index is 12.6. The molecule has 0 bridgehead atoms. The maximum Gasteiger partial charge on any atom is 0.260 e. The first-order valence-electron chi connectivity index (χ1n) is 8.80. The first kappa shape index (κ1) is 20.4. The van der Waals surface area contributed by atoms with Gasteiger partial charge in [0.15, 0.2) is 6.61 Å². The number of ether oxygens (including phenoxy) is 1. The number of carbonyl (C=O) groups excluding carboxylic acids is 1. The van der Waals surface area contributed by atoms with Crippen LogP contribution < -0.4 is 4.74 Å². The molecular formula is C20H19BrClN3O3. The molecule has 3 aromatic rings. The molecule has 0 saturated carbocycles. The first-order chi connectivity index (χ1) is 13.6. The van der Waals surface area contributed by atoms with Crippen molar-refractivity contribution in [2.75, 3.05) is 13.2 Å². The van der Waals surface area contributed by atoms with Gasteiger partial charge in [-0.3, -0.25) is 4.79 Å². The number of rotatable bonds is 8. The Labute approximate surface area is 176 Å². The van der Waals surface area contributed by atoms with Crippen LogP contribution in [0.15, 0.2) is 57.4 Å². The van der Waals surface area contributed by atoms with Crippen LogP contribution in [-0.2, 0) is 11.3 Å². The Morgan fingerprint density at radius 1 is 1.18 bits per heavy atom. The van der Waals surface area contributed by atoms with Crippen LogP contribution in [0.25, 0.3) is 11.5 Å². The highest BCUT2D eigenvalue weighted by molar-refractivity contribution is 9.10. The second kappa shape index (κ2) is 9.71. The predicted octanol–water partition coefficient (Wildman–Crippen LogP) is 4.97. The Hall–Kier alpha value is -2.38. The highest BCUT2D eigenvalue weighted by Crippen LogP contribution is 2.26. The van der Waals surface area contributed by atoms with Crippen LogP contribution in [0.2, 0.25) is 5.02 Å². The number of nitrogens with zero attached hydrogens (tertiary/aromatic N) is 3. The minimum Gasteiger partial charge on any atom is -0.484 e. The van der Waals surface area contributed by atoms with Crippen LogP contribution >= 0.6 is 27.5 Å². The molecule has 0 unspecified atom stereocenters. The van der Waals surface area contributed by atoms with Gasteiger partial charge >= 0.3 is 0 Å². The Balaban J connectivity index is 1.65. The Kier molecular flexibility index (Phi) is 7.06. The van der Waals surface area contributed by atoms with Gasteiger partial charge < -0.3 is 14.1 Å².